The molecule has 1 aromatic carbocycles. The topological polar surface area (TPSA) is 85.3 Å². The van der Waals surface area contributed by atoms with Crippen LogP contribution in [0.15, 0.2) is 27.5 Å². The van der Waals surface area contributed by atoms with E-state index in [0.29, 0.717) is 27.8 Å². The van der Waals surface area contributed by atoms with Gasteiger partial charge >= 0.3 is 0 Å². The maximum absolute atomic E-state index is 12.6. The number of rotatable bonds is 4. The van der Waals surface area contributed by atoms with Crippen molar-refractivity contribution in [2.45, 2.75) is 32.2 Å². The summed E-state index contributed by atoms with van der Waals surface area (Å²) >= 11 is 6.03. The number of nitrogens with two attached hydrogens (primary N) is 1. The Kier molecular flexibility index (Phi) is 4.32. The van der Waals surface area contributed by atoms with Crippen LogP contribution < -0.4 is 10.5 Å². The molecule has 21 heavy (non-hydrogen) atoms. The lowest BCUT2D eigenvalue weighted by atomic mass is 10.2. The van der Waals surface area contributed by atoms with Gasteiger partial charge in [0.05, 0.1) is 10.7 Å². The lowest BCUT2D eigenvalue weighted by Gasteiger charge is -2.11. The minimum Gasteiger partial charge on any atom is -0.465 e. The second-order valence-corrected chi connectivity index (χ2v) is 6.84. The number of hydrogen-bond donors (Lipinski definition) is 2. The first kappa shape index (κ1) is 15.9. The zero-order chi connectivity index (χ0) is 15.8. The summed E-state index contributed by atoms with van der Waals surface area (Å²) in [5.41, 5.74) is 7.34. The number of furan rings is 1. The first-order chi connectivity index (χ1) is 9.76. The Morgan fingerprint density at radius 3 is 2.52 bits per heavy atom. The Morgan fingerprint density at radius 2 is 1.90 bits per heavy atom. The third kappa shape index (κ3) is 3.07. The molecular formula is C14H17ClN2O3S. The van der Waals surface area contributed by atoms with Crippen molar-refractivity contribution in [2.75, 3.05) is 4.72 Å². The van der Waals surface area contributed by atoms with Crippen LogP contribution in [0.2, 0.25) is 5.02 Å². The van der Waals surface area contributed by atoms with E-state index in [9.17, 15) is 8.42 Å². The maximum atomic E-state index is 12.6. The predicted molar refractivity (Wildman–Crippen MR) is 83.1 cm³/mol. The molecule has 7 heteroatoms. The minimum atomic E-state index is -3.81. The van der Waals surface area contributed by atoms with Gasteiger partial charge in [-0.15, -0.1) is 0 Å². The van der Waals surface area contributed by atoms with Crippen LogP contribution in [0.1, 0.15) is 22.6 Å². The summed E-state index contributed by atoms with van der Waals surface area (Å²) < 4.78 is 33.1. The number of sulfonamides is 1. The average molecular weight is 329 g/mol. The van der Waals surface area contributed by atoms with Crippen LogP contribution in [0.4, 0.5) is 5.69 Å². The minimum absolute atomic E-state index is 0.0834. The Labute approximate surface area is 129 Å². The second kappa shape index (κ2) is 5.71. The van der Waals surface area contributed by atoms with Gasteiger partial charge in [0.25, 0.3) is 10.0 Å². The number of aryl methyl sites for hydroxylation is 3. The fraction of sp³-hybridized carbons (Fsp3) is 0.286. The molecular weight excluding hydrogens is 312 g/mol. The van der Waals surface area contributed by atoms with Crippen molar-refractivity contribution in [3.05, 3.63) is 45.9 Å². The van der Waals surface area contributed by atoms with E-state index in [1.807, 2.05) is 6.92 Å². The largest absolute Gasteiger partial charge is 0.465 e. The van der Waals surface area contributed by atoms with Crippen molar-refractivity contribution in [3.8, 4) is 0 Å². The number of anilines is 1. The smallest absolute Gasteiger partial charge is 0.265 e. The van der Waals surface area contributed by atoms with Crippen LogP contribution in [-0.2, 0) is 16.6 Å². The lowest BCUT2D eigenvalue weighted by molar-refractivity contribution is 0.494. The van der Waals surface area contributed by atoms with Gasteiger partial charge < -0.3 is 10.2 Å². The molecule has 5 nitrogen and oxygen atoms in total. The number of nitrogens with one attached hydrogen (secondary N) is 1. The molecule has 0 saturated carbocycles. The summed E-state index contributed by atoms with van der Waals surface area (Å²) in [7, 11) is -3.81. The highest BCUT2D eigenvalue weighted by Crippen LogP contribution is 2.30. The quantitative estimate of drug-likeness (QED) is 0.903. The Hall–Kier alpha value is -1.50. The second-order valence-electron chi connectivity index (χ2n) is 4.82. The molecule has 0 spiro atoms. The highest BCUT2D eigenvalue weighted by atomic mass is 35.5. The normalized spacial score (nSPS) is 11.7. The molecule has 0 aliphatic heterocycles. The van der Waals surface area contributed by atoms with Gasteiger partial charge in [0, 0.05) is 12.1 Å². The molecule has 0 aliphatic rings. The van der Waals surface area contributed by atoms with Gasteiger partial charge in [-0.05, 0) is 38.5 Å². The predicted octanol–water partition coefficient (Wildman–Crippen LogP) is 3.12. The van der Waals surface area contributed by atoms with E-state index in [4.69, 9.17) is 21.8 Å². The van der Waals surface area contributed by atoms with E-state index >= 15 is 0 Å². The molecule has 0 saturated heterocycles. The van der Waals surface area contributed by atoms with Crippen LogP contribution in [0.3, 0.4) is 0 Å². The van der Waals surface area contributed by atoms with Gasteiger partial charge in [0.1, 0.15) is 16.4 Å². The third-order valence-electron chi connectivity index (χ3n) is 3.16. The summed E-state index contributed by atoms with van der Waals surface area (Å²) in [5, 5.41) is 0.330. The molecule has 0 radical (unpaired) electrons. The lowest BCUT2D eigenvalue weighted by Crippen LogP contribution is -2.16. The van der Waals surface area contributed by atoms with E-state index in [1.54, 1.807) is 32.0 Å². The van der Waals surface area contributed by atoms with Crippen LogP contribution in [-0.4, -0.2) is 8.42 Å². The van der Waals surface area contributed by atoms with Crippen molar-refractivity contribution < 1.29 is 12.8 Å². The molecule has 3 N–H and O–H groups in total. The Bertz CT molecular complexity index is 782. The van der Waals surface area contributed by atoms with Gasteiger partial charge in [-0.25, -0.2) is 8.42 Å². The highest BCUT2D eigenvalue weighted by molar-refractivity contribution is 7.92. The fourth-order valence-electron chi connectivity index (χ4n) is 2.21. The molecule has 0 amide bonds. The summed E-state index contributed by atoms with van der Waals surface area (Å²) in [6.07, 6.45) is 0. The van der Waals surface area contributed by atoms with Crippen LogP contribution in [0.25, 0.3) is 0 Å². The fourth-order valence-corrected chi connectivity index (χ4v) is 3.96. The van der Waals surface area contributed by atoms with Crippen molar-refractivity contribution in [1.29, 1.82) is 0 Å². The van der Waals surface area contributed by atoms with E-state index < -0.39 is 10.0 Å². The molecule has 2 aromatic rings. The summed E-state index contributed by atoms with van der Waals surface area (Å²) in [6, 6.07) is 5.12. The molecule has 0 bridgehead atoms. The van der Waals surface area contributed by atoms with Gasteiger partial charge in [-0.3, -0.25) is 4.72 Å². The number of benzene rings is 1. The Balaban J connectivity index is 2.51. The zero-order valence-electron chi connectivity index (χ0n) is 12.0. The van der Waals surface area contributed by atoms with Crippen LogP contribution in [0.5, 0.6) is 0 Å². The maximum Gasteiger partial charge on any atom is 0.265 e. The zero-order valence-corrected chi connectivity index (χ0v) is 13.6. The SMILES string of the molecule is Cc1ccc(Cl)c(NS(=O)(=O)c2c(C)oc(C)c2CN)c1. The van der Waals surface area contributed by atoms with E-state index in [0.717, 1.165) is 5.56 Å². The van der Waals surface area contributed by atoms with Gasteiger partial charge in [0.2, 0.25) is 0 Å². The first-order valence-electron chi connectivity index (χ1n) is 6.34. The van der Waals surface area contributed by atoms with Crippen molar-refractivity contribution in [1.82, 2.24) is 0 Å². The number of hydrogen-bond acceptors (Lipinski definition) is 4. The summed E-state index contributed by atoms with van der Waals surface area (Å²) in [5.74, 6) is 0.815. The van der Waals surface area contributed by atoms with Crippen LogP contribution in [0, 0.1) is 20.8 Å². The number of halogens is 1. The van der Waals surface area contributed by atoms with Gasteiger partial charge in [0.15, 0.2) is 0 Å². The first-order valence-corrected chi connectivity index (χ1v) is 8.20. The molecule has 1 heterocycles. The standard InChI is InChI=1S/C14H17ClN2O3S/c1-8-4-5-12(15)13(6-8)17-21(18,19)14-10(3)20-9(2)11(14)7-16/h4-6,17H,7,16H2,1-3H3. The molecule has 1 aromatic heterocycles. The highest BCUT2D eigenvalue weighted by Gasteiger charge is 2.26. The van der Waals surface area contributed by atoms with Crippen molar-refractivity contribution >= 4 is 27.3 Å². The monoisotopic (exact) mass is 328 g/mol. The Morgan fingerprint density at radius 1 is 1.24 bits per heavy atom. The van der Waals surface area contributed by atoms with E-state index in [1.165, 1.54) is 0 Å². The molecule has 0 aliphatic carbocycles. The van der Waals surface area contributed by atoms with Gasteiger partial charge in [-0.1, -0.05) is 17.7 Å². The van der Waals surface area contributed by atoms with Crippen molar-refractivity contribution in [2.24, 2.45) is 5.73 Å². The summed E-state index contributed by atoms with van der Waals surface area (Å²) in [4.78, 5) is 0.0834. The molecule has 0 fully saturated rings. The molecule has 2 rings (SSSR count). The van der Waals surface area contributed by atoms with E-state index in [2.05, 4.69) is 4.72 Å². The van der Waals surface area contributed by atoms with E-state index in [-0.39, 0.29) is 11.4 Å². The molecule has 0 unspecified atom stereocenters. The van der Waals surface area contributed by atoms with Crippen molar-refractivity contribution in [3.63, 3.8) is 0 Å². The van der Waals surface area contributed by atoms with Gasteiger partial charge in [-0.2, -0.15) is 0 Å². The average Bonchev–Trinajstić information content (AvgIpc) is 2.68. The third-order valence-corrected chi connectivity index (χ3v) is 5.05. The van der Waals surface area contributed by atoms with Crippen LogP contribution >= 0.6 is 11.6 Å². The molecule has 0 atom stereocenters. The molecule has 114 valence electrons. The summed E-state index contributed by atoms with van der Waals surface area (Å²) in [6.45, 7) is 5.22.